The first-order valence-electron chi connectivity index (χ1n) is 6.73. The summed E-state index contributed by atoms with van der Waals surface area (Å²) in [4.78, 5) is 23.5. The predicted molar refractivity (Wildman–Crippen MR) is 74.8 cm³/mol. The molecule has 0 saturated carbocycles. The largest absolute Gasteiger partial charge is 0.369 e. The first-order valence-corrected chi connectivity index (χ1v) is 6.73. The third-order valence-corrected chi connectivity index (χ3v) is 3.76. The van der Waals surface area contributed by atoms with Crippen molar-refractivity contribution < 1.29 is 9.59 Å². The number of H-pyrrole nitrogens is 1. The second-order valence-electron chi connectivity index (χ2n) is 5.22. The van der Waals surface area contributed by atoms with Crippen LogP contribution in [0.4, 0.5) is 0 Å². The van der Waals surface area contributed by atoms with E-state index < -0.39 is 0 Å². The van der Waals surface area contributed by atoms with Crippen molar-refractivity contribution in [3.05, 3.63) is 29.1 Å². The van der Waals surface area contributed by atoms with Crippen LogP contribution in [-0.2, 0) is 16.0 Å². The highest BCUT2D eigenvalue weighted by Gasteiger charge is 2.28. The topological polar surface area (TPSA) is 101 Å². The van der Waals surface area contributed by atoms with Gasteiger partial charge in [0.1, 0.15) is 0 Å². The third kappa shape index (κ3) is 3.07. The number of aromatic nitrogens is 2. The van der Waals surface area contributed by atoms with Crippen molar-refractivity contribution >= 4 is 11.8 Å². The molecule has 108 valence electrons. The second-order valence-corrected chi connectivity index (χ2v) is 5.22. The van der Waals surface area contributed by atoms with Gasteiger partial charge in [0.15, 0.2) is 0 Å². The highest BCUT2D eigenvalue weighted by molar-refractivity contribution is 5.82. The van der Waals surface area contributed by atoms with Gasteiger partial charge in [0.25, 0.3) is 0 Å². The van der Waals surface area contributed by atoms with Gasteiger partial charge in [-0.15, -0.1) is 0 Å². The van der Waals surface area contributed by atoms with Crippen molar-refractivity contribution in [2.45, 2.75) is 39.2 Å². The Labute approximate surface area is 117 Å². The number of nitrogens with two attached hydrogens (primary N) is 1. The van der Waals surface area contributed by atoms with Crippen LogP contribution in [0.3, 0.4) is 0 Å². The molecule has 0 radical (unpaired) electrons. The number of nitrogens with zero attached hydrogens (tertiary/aromatic N) is 1. The molecule has 1 heterocycles. The monoisotopic (exact) mass is 276 g/mol. The summed E-state index contributed by atoms with van der Waals surface area (Å²) < 4.78 is 0. The Morgan fingerprint density at radius 1 is 1.40 bits per heavy atom. The Morgan fingerprint density at radius 3 is 2.70 bits per heavy atom. The Morgan fingerprint density at radius 2 is 2.10 bits per heavy atom. The van der Waals surface area contributed by atoms with Crippen molar-refractivity contribution in [3.63, 3.8) is 0 Å². The maximum absolute atomic E-state index is 12.1. The van der Waals surface area contributed by atoms with E-state index in [1.54, 1.807) is 0 Å². The van der Waals surface area contributed by atoms with Gasteiger partial charge in [-0.25, -0.2) is 0 Å². The van der Waals surface area contributed by atoms with E-state index >= 15 is 0 Å². The van der Waals surface area contributed by atoms with Crippen molar-refractivity contribution in [2.24, 2.45) is 11.7 Å². The summed E-state index contributed by atoms with van der Waals surface area (Å²) in [7, 11) is 0. The molecule has 6 heteroatoms. The first kappa shape index (κ1) is 14.3. The lowest BCUT2D eigenvalue weighted by Gasteiger charge is -2.26. The number of carbonyl (C=O) groups excluding carboxylic acids is 2. The number of aromatic amines is 1. The quantitative estimate of drug-likeness (QED) is 0.698. The highest BCUT2D eigenvalue weighted by atomic mass is 16.2. The van der Waals surface area contributed by atoms with Gasteiger partial charge in [0, 0.05) is 17.3 Å². The van der Waals surface area contributed by atoms with E-state index in [9.17, 15) is 9.59 Å². The standard InChI is InChI=1S/C14H20N4O2/c1-8-11(9(2)18-17-8)7-13(19)16-12-6-4-3-5-10(12)14(15)20/h3-4,10,12H,5-7H2,1-2H3,(H2,15,20)(H,16,19)(H,17,18)/t10-,12-/m1/s1. The minimum Gasteiger partial charge on any atom is -0.369 e. The lowest BCUT2D eigenvalue weighted by Crippen LogP contribution is -2.46. The molecule has 2 atom stereocenters. The molecule has 0 aliphatic heterocycles. The first-order chi connectivity index (χ1) is 9.49. The van der Waals surface area contributed by atoms with Crippen LogP contribution in [0.25, 0.3) is 0 Å². The zero-order valence-corrected chi connectivity index (χ0v) is 11.8. The molecule has 0 fully saturated rings. The fourth-order valence-corrected chi connectivity index (χ4v) is 2.54. The molecule has 1 aromatic heterocycles. The minimum atomic E-state index is -0.365. The van der Waals surface area contributed by atoms with Gasteiger partial charge in [-0.3, -0.25) is 14.7 Å². The maximum atomic E-state index is 12.1. The van der Waals surface area contributed by atoms with E-state index in [1.165, 1.54) is 0 Å². The van der Waals surface area contributed by atoms with Crippen molar-refractivity contribution in [1.29, 1.82) is 0 Å². The van der Waals surface area contributed by atoms with Crippen LogP contribution in [-0.4, -0.2) is 28.1 Å². The van der Waals surface area contributed by atoms with Gasteiger partial charge in [0.2, 0.25) is 11.8 Å². The van der Waals surface area contributed by atoms with Gasteiger partial charge in [-0.2, -0.15) is 5.10 Å². The number of aryl methyl sites for hydroxylation is 2. The number of rotatable bonds is 4. The normalized spacial score (nSPS) is 21.7. The van der Waals surface area contributed by atoms with Crippen LogP contribution in [0.2, 0.25) is 0 Å². The third-order valence-electron chi connectivity index (χ3n) is 3.76. The molecule has 1 aromatic rings. The van der Waals surface area contributed by atoms with Crippen molar-refractivity contribution in [2.75, 3.05) is 0 Å². The van der Waals surface area contributed by atoms with E-state index in [0.717, 1.165) is 17.0 Å². The highest BCUT2D eigenvalue weighted by Crippen LogP contribution is 2.19. The lowest BCUT2D eigenvalue weighted by molar-refractivity contribution is -0.124. The van der Waals surface area contributed by atoms with Crippen LogP contribution >= 0.6 is 0 Å². The minimum absolute atomic E-state index is 0.107. The number of amides is 2. The molecule has 0 spiro atoms. The van der Waals surface area contributed by atoms with E-state index in [1.807, 2.05) is 26.0 Å². The van der Waals surface area contributed by atoms with Crippen molar-refractivity contribution in [3.8, 4) is 0 Å². The summed E-state index contributed by atoms with van der Waals surface area (Å²) in [6.45, 7) is 3.75. The molecule has 20 heavy (non-hydrogen) atoms. The Hall–Kier alpha value is -2.11. The molecule has 4 N–H and O–H groups in total. The van der Waals surface area contributed by atoms with Crippen LogP contribution in [0, 0.1) is 19.8 Å². The van der Waals surface area contributed by atoms with E-state index in [4.69, 9.17) is 5.73 Å². The summed E-state index contributed by atoms with van der Waals surface area (Å²) in [6.07, 6.45) is 5.40. The van der Waals surface area contributed by atoms with Gasteiger partial charge in [0.05, 0.1) is 18.0 Å². The van der Waals surface area contributed by atoms with E-state index in [-0.39, 0.29) is 30.2 Å². The Kier molecular flexibility index (Phi) is 4.22. The summed E-state index contributed by atoms with van der Waals surface area (Å²) in [5, 5.41) is 9.84. The lowest BCUT2D eigenvalue weighted by atomic mass is 9.88. The number of nitrogens with one attached hydrogen (secondary N) is 2. The number of hydrogen-bond acceptors (Lipinski definition) is 3. The zero-order chi connectivity index (χ0) is 14.7. The van der Waals surface area contributed by atoms with Crippen LogP contribution in [0.1, 0.15) is 29.8 Å². The molecule has 2 amide bonds. The number of allylic oxidation sites excluding steroid dienone is 1. The smallest absolute Gasteiger partial charge is 0.224 e. The number of primary amides is 1. The molecule has 0 saturated heterocycles. The van der Waals surface area contributed by atoms with Gasteiger partial charge in [-0.05, 0) is 26.7 Å². The summed E-state index contributed by atoms with van der Waals surface area (Å²) in [6, 6.07) is -0.211. The van der Waals surface area contributed by atoms with E-state index in [0.29, 0.717) is 12.8 Å². The second kappa shape index (κ2) is 5.90. The van der Waals surface area contributed by atoms with Gasteiger partial charge >= 0.3 is 0 Å². The van der Waals surface area contributed by atoms with Gasteiger partial charge in [-0.1, -0.05) is 12.2 Å². The molecule has 2 rings (SSSR count). The fraction of sp³-hybridized carbons (Fsp3) is 0.500. The molecule has 0 bridgehead atoms. The summed E-state index contributed by atoms with van der Waals surface area (Å²) >= 11 is 0. The average Bonchev–Trinajstić information content (AvgIpc) is 2.71. The Balaban J connectivity index is 2.00. The van der Waals surface area contributed by atoms with Crippen LogP contribution < -0.4 is 11.1 Å². The average molecular weight is 276 g/mol. The van der Waals surface area contributed by atoms with Crippen LogP contribution in [0.15, 0.2) is 12.2 Å². The zero-order valence-electron chi connectivity index (χ0n) is 11.8. The maximum Gasteiger partial charge on any atom is 0.224 e. The Bertz CT molecular complexity index is 528. The SMILES string of the molecule is Cc1n[nH]c(C)c1CC(=O)N[C@@H]1CC=CC[C@H]1C(N)=O. The van der Waals surface area contributed by atoms with Crippen molar-refractivity contribution in [1.82, 2.24) is 15.5 Å². The molecule has 0 aromatic carbocycles. The van der Waals surface area contributed by atoms with E-state index in [2.05, 4.69) is 15.5 Å². The molecular weight excluding hydrogens is 256 g/mol. The number of carbonyl (C=O) groups is 2. The molecular formula is C14H20N4O2. The fourth-order valence-electron chi connectivity index (χ4n) is 2.54. The van der Waals surface area contributed by atoms with Gasteiger partial charge < -0.3 is 11.1 Å². The summed E-state index contributed by atoms with van der Waals surface area (Å²) in [5.41, 5.74) is 8.01. The number of hydrogen-bond donors (Lipinski definition) is 3. The molecule has 0 unspecified atom stereocenters. The molecule has 1 aliphatic rings. The predicted octanol–water partition coefficient (Wildman–Crippen LogP) is 0.505. The molecule has 6 nitrogen and oxygen atoms in total. The van der Waals surface area contributed by atoms with Crippen LogP contribution in [0.5, 0.6) is 0 Å². The summed E-state index contributed by atoms with van der Waals surface area (Å²) in [5.74, 6) is -0.796. The molecule has 1 aliphatic carbocycles.